The molecular formula is C18H21ClFNO. The largest absolute Gasteiger partial charge is 0.491 e. The minimum absolute atomic E-state index is 0.0666. The topological polar surface area (TPSA) is 33.0 Å². The maximum atomic E-state index is 13.7. The molecule has 0 amide bonds. The number of hydrogen-bond acceptors (Lipinski definition) is 2. The van der Waals surface area contributed by atoms with Gasteiger partial charge in [-0.25, -0.2) is 4.39 Å². The van der Waals surface area contributed by atoms with Gasteiger partial charge in [0.2, 0.25) is 0 Å². The van der Waals surface area contributed by atoms with E-state index in [-0.39, 0.29) is 16.0 Å². The maximum Gasteiger partial charge on any atom is 0.144 e. The van der Waals surface area contributed by atoms with Crippen LogP contribution in [0.15, 0.2) is 24.3 Å². The van der Waals surface area contributed by atoms with Crippen LogP contribution in [0.3, 0.4) is 0 Å². The minimum atomic E-state index is -0.603. The smallest absolute Gasteiger partial charge is 0.144 e. The van der Waals surface area contributed by atoms with E-state index in [1.807, 2.05) is 0 Å². The third-order valence-corrected chi connectivity index (χ3v) is 4.40. The molecule has 0 bridgehead atoms. The second-order valence-electron chi connectivity index (χ2n) is 6.46. The molecule has 2 nitrogen and oxygen atoms in total. The zero-order valence-corrected chi connectivity index (χ0v) is 13.8. The van der Waals surface area contributed by atoms with E-state index in [2.05, 4.69) is 26.0 Å². The van der Waals surface area contributed by atoms with Crippen LogP contribution in [0.4, 0.5) is 4.39 Å². The van der Waals surface area contributed by atoms with Crippen molar-refractivity contribution in [2.45, 2.75) is 39.5 Å². The lowest BCUT2D eigenvalue weighted by Crippen LogP contribution is -2.26. The molecule has 4 heteroatoms. The van der Waals surface area contributed by atoms with Gasteiger partial charge < -0.3 is 4.74 Å². The predicted octanol–water partition coefficient (Wildman–Crippen LogP) is 5.50. The predicted molar refractivity (Wildman–Crippen MR) is 86.5 cm³/mol. The first-order valence-corrected chi connectivity index (χ1v) is 8.01. The van der Waals surface area contributed by atoms with Gasteiger partial charge in [-0.2, -0.15) is 5.26 Å². The molecule has 2 unspecified atom stereocenters. The van der Waals surface area contributed by atoms with Crippen LogP contribution in [-0.2, 0) is 0 Å². The lowest BCUT2D eigenvalue weighted by Gasteiger charge is -2.31. The first kappa shape index (κ1) is 16.8. The fourth-order valence-corrected chi connectivity index (χ4v) is 3.21. The summed E-state index contributed by atoms with van der Waals surface area (Å²) < 4.78 is 19.5. The summed E-state index contributed by atoms with van der Waals surface area (Å²) in [5, 5.41) is 9.06. The summed E-state index contributed by atoms with van der Waals surface area (Å²) in [5.41, 5.74) is -0.156. The summed E-state index contributed by atoms with van der Waals surface area (Å²) in [6.45, 7) is 4.85. The third-order valence-electron chi connectivity index (χ3n) is 4.10. The molecule has 118 valence electrons. The first-order chi connectivity index (χ1) is 10.4. The molecule has 0 heterocycles. The minimum Gasteiger partial charge on any atom is -0.491 e. The number of allylic oxidation sites excluding steroid dienone is 1. The quantitative estimate of drug-likeness (QED) is 0.688. The van der Waals surface area contributed by atoms with Gasteiger partial charge in [-0.15, -0.1) is 0 Å². The van der Waals surface area contributed by atoms with Crippen LogP contribution in [-0.4, -0.2) is 6.61 Å². The Morgan fingerprint density at radius 3 is 3.00 bits per heavy atom. The fourth-order valence-electron chi connectivity index (χ4n) is 2.99. The Hall–Kier alpha value is -1.53. The number of rotatable bonds is 3. The first-order valence-electron chi connectivity index (χ1n) is 7.63. The molecule has 22 heavy (non-hydrogen) atoms. The van der Waals surface area contributed by atoms with Crippen LogP contribution in [0.2, 0.25) is 5.02 Å². The molecule has 0 saturated heterocycles. The molecule has 0 fully saturated rings. The number of nitrogens with zero attached hydrogens (tertiary/aromatic N) is 1. The Morgan fingerprint density at radius 1 is 1.50 bits per heavy atom. The molecule has 0 saturated carbocycles. The number of nitriles is 1. The van der Waals surface area contributed by atoms with Crippen LogP contribution >= 0.6 is 11.6 Å². The molecule has 1 aliphatic carbocycles. The normalized spacial score (nSPS) is 25.1. The summed E-state index contributed by atoms with van der Waals surface area (Å²) in [5.74, 6) is 0.322. The summed E-state index contributed by atoms with van der Waals surface area (Å²) in [6, 6.07) is 4.28. The summed E-state index contributed by atoms with van der Waals surface area (Å²) in [6.07, 6.45) is 8.96. The van der Waals surface area contributed by atoms with Gasteiger partial charge in [-0.1, -0.05) is 44.0 Å². The van der Waals surface area contributed by atoms with Gasteiger partial charge in [0, 0.05) is 11.5 Å². The van der Waals surface area contributed by atoms with Crippen molar-refractivity contribution in [3.8, 4) is 11.8 Å². The molecule has 1 aliphatic rings. The molecule has 0 N–H and O–H groups in total. The van der Waals surface area contributed by atoms with Gasteiger partial charge in [-0.3, -0.25) is 0 Å². The van der Waals surface area contributed by atoms with Crippen LogP contribution in [0.5, 0.6) is 5.75 Å². The van der Waals surface area contributed by atoms with Gasteiger partial charge in [0.25, 0.3) is 0 Å². The Bertz CT molecular complexity index is 608. The average Bonchev–Trinajstić information content (AvgIpc) is 2.45. The number of halogens is 2. The Kier molecular flexibility index (Phi) is 5.47. The Labute approximate surface area is 136 Å². The lowest BCUT2D eigenvalue weighted by molar-refractivity contribution is 0.171. The molecule has 0 aliphatic heterocycles. The Morgan fingerprint density at radius 2 is 2.27 bits per heavy atom. The molecule has 2 atom stereocenters. The van der Waals surface area contributed by atoms with Crippen molar-refractivity contribution in [3.05, 3.63) is 40.7 Å². The second kappa shape index (κ2) is 7.15. The van der Waals surface area contributed by atoms with Gasteiger partial charge >= 0.3 is 0 Å². The highest BCUT2D eigenvalue weighted by Gasteiger charge is 2.26. The van der Waals surface area contributed by atoms with E-state index < -0.39 is 5.82 Å². The van der Waals surface area contributed by atoms with Crippen LogP contribution in [0, 0.1) is 28.5 Å². The van der Waals surface area contributed by atoms with E-state index in [4.69, 9.17) is 21.6 Å². The fraction of sp³-hybridized carbons (Fsp3) is 0.500. The van der Waals surface area contributed by atoms with Crippen LogP contribution in [0.25, 0.3) is 0 Å². The van der Waals surface area contributed by atoms with Crippen molar-refractivity contribution in [1.29, 1.82) is 5.26 Å². The standard InChI is InChI=1S/C18H21ClFNO/c1-13-6-4-3-5-7-18(2,10-13)12-22-17-9-16(20)14(11-21)8-15(17)19/h5,7-9,13H,3-4,6,10,12H2,1-2H3. The monoisotopic (exact) mass is 321 g/mol. The van der Waals surface area contributed by atoms with E-state index in [1.165, 1.54) is 25.0 Å². The van der Waals surface area contributed by atoms with Crippen molar-refractivity contribution in [1.82, 2.24) is 0 Å². The van der Waals surface area contributed by atoms with Crippen LogP contribution in [0.1, 0.15) is 45.1 Å². The van der Waals surface area contributed by atoms with E-state index in [0.29, 0.717) is 18.3 Å². The number of benzene rings is 1. The van der Waals surface area contributed by atoms with E-state index in [9.17, 15) is 4.39 Å². The molecule has 2 rings (SSSR count). The molecule has 1 aromatic rings. The van der Waals surface area contributed by atoms with Gasteiger partial charge in [-0.05, 0) is 31.2 Å². The van der Waals surface area contributed by atoms with E-state index in [1.54, 1.807) is 6.07 Å². The SMILES string of the molecule is CC1CCCC=CC(C)(COc2cc(F)c(C#N)cc2Cl)C1. The highest BCUT2D eigenvalue weighted by molar-refractivity contribution is 6.32. The lowest BCUT2D eigenvalue weighted by atomic mass is 9.78. The van der Waals surface area contributed by atoms with Crippen molar-refractivity contribution in [2.24, 2.45) is 11.3 Å². The van der Waals surface area contributed by atoms with Crippen LogP contribution < -0.4 is 4.74 Å². The highest BCUT2D eigenvalue weighted by atomic mass is 35.5. The van der Waals surface area contributed by atoms with Crippen molar-refractivity contribution in [3.63, 3.8) is 0 Å². The van der Waals surface area contributed by atoms with Crippen molar-refractivity contribution in [2.75, 3.05) is 6.61 Å². The molecule has 1 aromatic carbocycles. The van der Waals surface area contributed by atoms with Crippen molar-refractivity contribution >= 4 is 11.6 Å². The van der Waals surface area contributed by atoms with Gasteiger partial charge in [0.05, 0.1) is 17.2 Å². The summed E-state index contributed by atoms with van der Waals surface area (Å²) in [7, 11) is 0. The van der Waals surface area contributed by atoms with E-state index >= 15 is 0 Å². The van der Waals surface area contributed by atoms with Crippen molar-refractivity contribution < 1.29 is 9.13 Å². The average molecular weight is 322 g/mol. The van der Waals surface area contributed by atoms with E-state index in [0.717, 1.165) is 12.8 Å². The molecule has 0 spiro atoms. The zero-order chi connectivity index (χ0) is 16.2. The second-order valence-corrected chi connectivity index (χ2v) is 6.87. The summed E-state index contributed by atoms with van der Waals surface area (Å²) >= 11 is 6.07. The summed E-state index contributed by atoms with van der Waals surface area (Å²) in [4.78, 5) is 0. The molecular weight excluding hydrogens is 301 g/mol. The van der Waals surface area contributed by atoms with Gasteiger partial charge in [0.1, 0.15) is 17.6 Å². The zero-order valence-electron chi connectivity index (χ0n) is 13.0. The molecule has 0 radical (unpaired) electrons. The van der Waals surface area contributed by atoms with Gasteiger partial charge in [0.15, 0.2) is 0 Å². The number of ether oxygens (including phenoxy) is 1. The third kappa shape index (κ3) is 4.24. The molecule has 0 aromatic heterocycles. The maximum absolute atomic E-state index is 13.7. The highest BCUT2D eigenvalue weighted by Crippen LogP contribution is 2.35. The number of hydrogen-bond donors (Lipinski definition) is 0. The Balaban J connectivity index is 2.13.